The molecule has 4 N–H and O–H groups in total. The zero-order valence-electron chi connectivity index (χ0n) is 15.2. The molecule has 2 aromatic rings. The van der Waals surface area contributed by atoms with Gasteiger partial charge in [-0.05, 0) is 48.0 Å². The number of benzene rings is 2. The molecule has 0 atom stereocenters. The average Bonchev–Trinajstić information content (AvgIpc) is 2.72. The number of carbonyl (C=O) groups is 2. The highest BCUT2D eigenvalue weighted by atomic mass is 16.5. The van der Waals surface area contributed by atoms with E-state index in [2.05, 4.69) is 5.32 Å². The summed E-state index contributed by atoms with van der Waals surface area (Å²) < 4.78 is 15.5. The van der Waals surface area contributed by atoms with Gasteiger partial charge in [-0.1, -0.05) is 6.07 Å². The summed E-state index contributed by atoms with van der Waals surface area (Å²) in [5.74, 6) is 5.76. The molecule has 8 nitrogen and oxygen atoms in total. The number of methoxy groups -OCH3 is 3. The molecule has 2 amide bonds. The topological polar surface area (TPSA) is 112 Å². The molecular formula is C19H21N3O5. The molecule has 2 aromatic carbocycles. The molecule has 0 bridgehead atoms. The predicted molar refractivity (Wildman–Crippen MR) is 100 cm³/mol. The first kappa shape index (κ1) is 19.8. The van der Waals surface area contributed by atoms with E-state index in [0.717, 1.165) is 0 Å². The maximum absolute atomic E-state index is 12.4. The van der Waals surface area contributed by atoms with Crippen LogP contribution in [-0.2, 0) is 4.79 Å². The van der Waals surface area contributed by atoms with E-state index in [-0.39, 0.29) is 5.70 Å². The minimum Gasteiger partial charge on any atom is -0.497 e. The lowest BCUT2D eigenvalue weighted by molar-refractivity contribution is -0.117. The van der Waals surface area contributed by atoms with Crippen molar-refractivity contribution >= 4 is 17.9 Å². The number of amides is 2. The summed E-state index contributed by atoms with van der Waals surface area (Å²) in [7, 11) is 4.56. The molecule has 0 fully saturated rings. The number of hydrogen-bond acceptors (Lipinski definition) is 6. The highest BCUT2D eigenvalue weighted by Gasteiger charge is 2.14. The van der Waals surface area contributed by atoms with Crippen LogP contribution in [0.5, 0.6) is 17.2 Å². The van der Waals surface area contributed by atoms with Crippen LogP contribution in [0, 0.1) is 0 Å². The Morgan fingerprint density at radius 2 is 1.59 bits per heavy atom. The van der Waals surface area contributed by atoms with Crippen LogP contribution in [0.15, 0.2) is 48.2 Å². The van der Waals surface area contributed by atoms with Crippen LogP contribution in [0.3, 0.4) is 0 Å². The van der Waals surface area contributed by atoms with E-state index in [1.165, 1.54) is 27.4 Å². The number of nitrogens with one attached hydrogen (secondary N) is 2. The molecule has 0 aliphatic heterocycles. The Morgan fingerprint density at radius 3 is 2.15 bits per heavy atom. The average molecular weight is 371 g/mol. The van der Waals surface area contributed by atoms with Crippen molar-refractivity contribution in [1.82, 2.24) is 10.7 Å². The second kappa shape index (κ2) is 9.25. The molecular weight excluding hydrogens is 350 g/mol. The van der Waals surface area contributed by atoms with Crippen LogP contribution >= 0.6 is 0 Å². The van der Waals surface area contributed by atoms with Gasteiger partial charge in [-0.2, -0.15) is 0 Å². The zero-order valence-corrected chi connectivity index (χ0v) is 15.2. The van der Waals surface area contributed by atoms with Gasteiger partial charge in [-0.15, -0.1) is 0 Å². The van der Waals surface area contributed by atoms with Crippen LogP contribution in [0.25, 0.3) is 6.08 Å². The number of hydrogen-bond donors (Lipinski definition) is 3. The predicted octanol–water partition coefficient (Wildman–Crippen LogP) is 1.47. The lowest BCUT2D eigenvalue weighted by Crippen LogP contribution is -2.38. The summed E-state index contributed by atoms with van der Waals surface area (Å²) in [4.78, 5) is 24.5. The molecule has 142 valence electrons. The molecule has 0 saturated heterocycles. The summed E-state index contributed by atoms with van der Waals surface area (Å²) in [5, 5.41) is 2.55. The van der Waals surface area contributed by atoms with Crippen LogP contribution in [-0.4, -0.2) is 33.1 Å². The van der Waals surface area contributed by atoms with Gasteiger partial charge in [-0.25, -0.2) is 5.84 Å². The minimum atomic E-state index is -0.647. The molecule has 27 heavy (non-hydrogen) atoms. The highest BCUT2D eigenvalue weighted by Crippen LogP contribution is 2.28. The zero-order chi connectivity index (χ0) is 19.8. The van der Waals surface area contributed by atoms with Crippen molar-refractivity contribution < 1.29 is 23.8 Å². The third kappa shape index (κ3) is 4.99. The van der Waals surface area contributed by atoms with Crippen molar-refractivity contribution in [2.75, 3.05) is 21.3 Å². The first-order chi connectivity index (χ1) is 13.0. The lowest BCUT2D eigenvalue weighted by Gasteiger charge is -2.11. The van der Waals surface area contributed by atoms with Crippen molar-refractivity contribution in [1.29, 1.82) is 0 Å². The molecule has 0 heterocycles. The summed E-state index contributed by atoms with van der Waals surface area (Å²) >= 11 is 0. The van der Waals surface area contributed by atoms with Crippen molar-refractivity contribution in [3.8, 4) is 17.2 Å². The van der Waals surface area contributed by atoms with Crippen molar-refractivity contribution in [2.45, 2.75) is 0 Å². The number of rotatable bonds is 7. The molecule has 0 aliphatic rings. The number of hydrazine groups is 1. The highest BCUT2D eigenvalue weighted by molar-refractivity contribution is 6.05. The first-order valence-corrected chi connectivity index (χ1v) is 7.92. The number of carbonyl (C=O) groups excluding carboxylic acids is 2. The quantitative estimate of drug-likeness (QED) is 0.294. The smallest absolute Gasteiger partial charge is 0.281 e. The third-order valence-corrected chi connectivity index (χ3v) is 3.69. The Labute approximate surface area is 156 Å². The third-order valence-electron chi connectivity index (χ3n) is 3.69. The van der Waals surface area contributed by atoms with Gasteiger partial charge >= 0.3 is 0 Å². The maximum atomic E-state index is 12.4. The van der Waals surface area contributed by atoms with Gasteiger partial charge in [0.15, 0.2) is 11.5 Å². The molecule has 0 unspecified atom stereocenters. The van der Waals surface area contributed by atoms with E-state index in [4.69, 9.17) is 20.1 Å². The summed E-state index contributed by atoms with van der Waals surface area (Å²) in [6.07, 6.45) is 1.48. The largest absolute Gasteiger partial charge is 0.497 e. The molecule has 0 aromatic heterocycles. The Kier molecular flexibility index (Phi) is 6.79. The monoisotopic (exact) mass is 371 g/mol. The fourth-order valence-electron chi connectivity index (χ4n) is 2.28. The molecule has 0 aliphatic carbocycles. The van der Waals surface area contributed by atoms with E-state index in [0.29, 0.717) is 28.4 Å². The van der Waals surface area contributed by atoms with E-state index in [1.807, 2.05) is 5.43 Å². The van der Waals surface area contributed by atoms with Crippen LogP contribution < -0.4 is 30.8 Å². The van der Waals surface area contributed by atoms with Crippen molar-refractivity contribution in [2.24, 2.45) is 5.84 Å². The van der Waals surface area contributed by atoms with Gasteiger partial charge in [0.05, 0.1) is 21.3 Å². The maximum Gasteiger partial charge on any atom is 0.281 e. The molecule has 0 spiro atoms. The Hall–Kier alpha value is -3.52. The van der Waals surface area contributed by atoms with Gasteiger partial charge in [-0.3, -0.25) is 15.0 Å². The van der Waals surface area contributed by atoms with Gasteiger partial charge in [0.25, 0.3) is 11.8 Å². The summed E-state index contributed by atoms with van der Waals surface area (Å²) in [5.41, 5.74) is 2.96. The fourth-order valence-corrected chi connectivity index (χ4v) is 2.28. The fraction of sp³-hybridized carbons (Fsp3) is 0.158. The van der Waals surface area contributed by atoms with Crippen molar-refractivity contribution in [3.63, 3.8) is 0 Å². The summed E-state index contributed by atoms with van der Waals surface area (Å²) in [6, 6.07) is 11.5. The molecule has 8 heteroatoms. The van der Waals surface area contributed by atoms with Gasteiger partial charge in [0.2, 0.25) is 0 Å². The van der Waals surface area contributed by atoms with E-state index in [9.17, 15) is 9.59 Å². The van der Waals surface area contributed by atoms with Gasteiger partial charge < -0.3 is 19.5 Å². The Balaban J connectivity index is 2.30. The molecule has 0 saturated carbocycles. The number of nitrogens with two attached hydrogens (primary N) is 1. The summed E-state index contributed by atoms with van der Waals surface area (Å²) in [6.45, 7) is 0. The second-order valence-electron chi connectivity index (χ2n) is 5.33. The van der Waals surface area contributed by atoms with E-state index in [1.54, 1.807) is 42.5 Å². The van der Waals surface area contributed by atoms with E-state index >= 15 is 0 Å². The van der Waals surface area contributed by atoms with Crippen molar-refractivity contribution in [3.05, 3.63) is 59.3 Å². The standard InChI is InChI=1S/C19H21N3O5/c1-25-14-7-5-13(6-8-14)18(23)21-15(19(24)22-20)10-12-4-9-16(26-2)17(11-12)27-3/h4-11H,20H2,1-3H3,(H,21,23)(H,22,24)/b15-10-. The van der Waals surface area contributed by atoms with Crippen LogP contribution in [0.2, 0.25) is 0 Å². The Bertz CT molecular complexity index is 847. The minimum absolute atomic E-state index is 0.0227. The first-order valence-electron chi connectivity index (χ1n) is 7.92. The van der Waals surface area contributed by atoms with E-state index < -0.39 is 11.8 Å². The molecule has 2 rings (SSSR count). The second-order valence-corrected chi connectivity index (χ2v) is 5.33. The lowest BCUT2D eigenvalue weighted by atomic mass is 10.1. The van der Waals surface area contributed by atoms with Gasteiger partial charge in [0, 0.05) is 5.56 Å². The van der Waals surface area contributed by atoms with Gasteiger partial charge in [0.1, 0.15) is 11.4 Å². The SMILES string of the molecule is COc1ccc(C(=O)N/C(=C\c2ccc(OC)c(OC)c2)C(=O)NN)cc1. The van der Waals surface area contributed by atoms with Crippen LogP contribution in [0.4, 0.5) is 0 Å². The Morgan fingerprint density at radius 1 is 0.926 bits per heavy atom. The number of ether oxygens (including phenoxy) is 3. The molecule has 0 radical (unpaired) electrons. The van der Waals surface area contributed by atoms with Crippen LogP contribution in [0.1, 0.15) is 15.9 Å². The normalized spacial score (nSPS) is 10.7.